The summed E-state index contributed by atoms with van der Waals surface area (Å²) >= 11 is 1.46. The van der Waals surface area contributed by atoms with Crippen LogP contribution in [0.2, 0.25) is 0 Å². The first-order valence-corrected chi connectivity index (χ1v) is 14.0. The lowest BCUT2D eigenvalue weighted by atomic mass is 9.97. The van der Waals surface area contributed by atoms with E-state index in [1.54, 1.807) is 22.4 Å². The van der Waals surface area contributed by atoms with Gasteiger partial charge in [0.1, 0.15) is 5.69 Å². The molecule has 1 aliphatic rings. The van der Waals surface area contributed by atoms with Gasteiger partial charge in [-0.3, -0.25) is 9.59 Å². The molecule has 0 aliphatic carbocycles. The third-order valence-electron chi connectivity index (χ3n) is 5.78. The fourth-order valence-electron chi connectivity index (χ4n) is 3.76. The van der Waals surface area contributed by atoms with Gasteiger partial charge in [-0.15, -0.1) is 11.3 Å². The number of piperidine rings is 1. The maximum atomic E-state index is 12.5. The molecule has 7 nitrogen and oxygen atoms in total. The Bertz CT molecular complexity index is 1360. The van der Waals surface area contributed by atoms with Crippen LogP contribution in [0.1, 0.15) is 45.4 Å². The smallest absolute Gasteiger partial charge is 0.298 e. The van der Waals surface area contributed by atoms with Gasteiger partial charge in [0.25, 0.3) is 11.8 Å². The van der Waals surface area contributed by atoms with E-state index in [0.29, 0.717) is 18.8 Å². The third-order valence-corrected chi connectivity index (χ3v) is 7.91. The number of carbonyl (C=O) groups excluding carboxylic acids is 2. The van der Waals surface area contributed by atoms with E-state index < -0.39 is 9.84 Å². The minimum atomic E-state index is -3.25. The second-order valence-electron chi connectivity index (χ2n) is 8.35. The van der Waals surface area contributed by atoms with Gasteiger partial charge in [0, 0.05) is 48.7 Å². The number of aromatic nitrogens is 1. The Labute approximate surface area is 209 Å². The Kier molecular flexibility index (Phi) is 7.63. The molecule has 2 heterocycles. The fraction of sp³-hybridized carbons (Fsp3) is 0.269. The maximum Gasteiger partial charge on any atom is 0.298 e. The summed E-state index contributed by atoms with van der Waals surface area (Å²) in [4.78, 5) is 31.5. The largest absolute Gasteiger partial charge is 0.347 e. The van der Waals surface area contributed by atoms with E-state index in [0.717, 1.165) is 35.2 Å². The fourth-order valence-corrected chi connectivity index (χ4v) is 5.36. The van der Waals surface area contributed by atoms with Crippen LogP contribution in [-0.2, 0) is 21.2 Å². The van der Waals surface area contributed by atoms with Crippen LogP contribution < -0.4 is 5.32 Å². The molecular weight excluding hydrogens is 482 g/mol. The molecule has 1 aromatic heterocycles. The molecule has 0 radical (unpaired) electrons. The molecule has 9 heteroatoms. The Balaban J connectivity index is 1.27. The number of sulfone groups is 1. The van der Waals surface area contributed by atoms with E-state index in [4.69, 9.17) is 0 Å². The van der Waals surface area contributed by atoms with Crippen LogP contribution in [0.15, 0.2) is 64.9 Å². The number of likely N-dealkylation sites (tertiary alicyclic amines) is 1. The van der Waals surface area contributed by atoms with E-state index in [2.05, 4.69) is 22.1 Å². The van der Waals surface area contributed by atoms with Gasteiger partial charge in [0.05, 0.1) is 9.90 Å². The molecule has 0 atom stereocenters. The summed E-state index contributed by atoms with van der Waals surface area (Å²) in [5, 5.41) is 5.48. The van der Waals surface area contributed by atoms with Gasteiger partial charge in [0.2, 0.25) is 0 Å². The number of nitrogens with zero attached hydrogens (tertiary/aromatic N) is 2. The first-order valence-electron chi connectivity index (χ1n) is 11.2. The van der Waals surface area contributed by atoms with Crippen molar-refractivity contribution in [2.45, 2.75) is 30.2 Å². The van der Waals surface area contributed by atoms with Crippen LogP contribution >= 0.6 is 11.3 Å². The number of amides is 2. The summed E-state index contributed by atoms with van der Waals surface area (Å²) in [5.41, 5.74) is 1.98. The molecule has 3 aromatic rings. The van der Waals surface area contributed by atoms with E-state index in [9.17, 15) is 18.0 Å². The summed E-state index contributed by atoms with van der Waals surface area (Å²) in [7, 11) is -3.25. The zero-order chi connectivity index (χ0) is 24.8. The quantitative estimate of drug-likeness (QED) is 0.535. The van der Waals surface area contributed by atoms with Crippen molar-refractivity contribution < 1.29 is 18.0 Å². The van der Waals surface area contributed by atoms with Crippen molar-refractivity contribution in [1.82, 2.24) is 15.2 Å². The highest BCUT2D eigenvalue weighted by atomic mass is 32.2. The third kappa shape index (κ3) is 6.56. The Hall–Kier alpha value is -3.48. The van der Waals surface area contributed by atoms with Crippen LogP contribution in [-0.4, -0.2) is 49.5 Å². The van der Waals surface area contributed by atoms with Crippen molar-refractivity contribution in [2.75, 3.05) is 19.3 Å². The summed E-state index contributed by atoms with van der Waals surface area (Å²) in [5.74, 6) is 5.39. The van der Waals surface area contributed by atoms with Crippen molar-refractivity contribution in [2.24, 2.45) is 0 Å². The molecule has 2 amide bonds. The lowest BCUT2D eigenvalue weighted by Crippen LogP contribution is -2.37. The Morgan fingerprint density at radius 3 is 2.43 bits per heavy atom. The lowest BCUT2D eigenvalue weighted by Gasteiger charge is -2.29. The minimum absolute atomic E-state index is 0.170. The van der Waals surface area contributed by atoms with E-state index in [1.807, 2.05) is 30.3 Å². The summed E-state index contributed by atoms with van der Waals surface area (Å²) in [6.45, 7) is 1.50. The molecule has 1 saturated heterocycles. The van der Waals surface area contributed by atoms with E-state index in [1.165, 1.54) is 23.5 Å². The average molecular weight is 508 g/mol. The molecule has 2 aromatic carbocycles. The molecular formula is C26H25N3O4S2. The zero-order valence-corrected chi connectivity index (χ0v) is 20.9. The highest BCUT2D eigenvalue weighted by Gasteiger charge is 2.25. The molecule has 4 rings (SSSR count). The van der Waals surface area contributed by atoms with Crippen LogP contribution in [0.5, 0.6) is 0 Å². The first kappa shape index (κ1) is 24.6. The van der Waals surface area contributed by atoms with Crippen molar-refractivity contribution in [3.63, 3.8) is 0 Å². The molecule has 180 valence electrons. The number of carbonyl (C=O) groups is 2. The van der Waals surface area contributed by atoms with Crippen molar-refractivity contribution >= 4 is 33.0 Å². The lowest BCUT2D eigenvalue weighted by molar-refractivity contribution is -0.126. The molecule has 0 saturated carbocycles. The summed E-state index contributed by atoms with van der Waals surface area (Å²) in [6.07, 6.45) is 2.71. The van der Waals surface area contributed by atoms with Gasteiger partial charge in [-0.05, 0) is 42.7 Å². The van der Waals surface area contributed by atoms with Crippen LogP contribution in [0.25, 0.3) is 0 Å². The molecule has 0 bridgehead atoms. The van der Waals surface area contributed by atoms with Gasteiger partial charge in [-0.1, -0.05) is 36.3 Å². The predicted molar refractivity (Wildman–Crippen MR) is 135 cm³/mol. The highest BCUT2D eigenvalue weighted by molar-refractivity contribution is 7.90. The number of benzene rings is 2. The minimum Gasteiger partial charge on any atom is -0.347 e. The monoisotopic (exact) mass is 507 g/mol. The first-order chi connectivity index (χ1) is 16.8. The van der Waals surface area contributed by atoms with E-state index in [-0.39, 0.29) is 29.2 Å². The number of thiazole rings is 1. The standard InChI is InChI=1S/C26H25N3O4S2/c1-35(32,33)22-10-7-20(8-11-22)17-27-25(31)23-18-34-26(28-23)21-13-15-29(16-14-21)24(30)12-9-19-5-3-2-4-6-19/h2-8,10-11,18,21H,13-17H2,1H3,(H,27,31). The van der Waals surface area contributed by atoms with Crippen molar-refractivity contribution in [3.8, 4) is 11.8 Å². The topological polar surface area (TPSA) is 96.4 Å². The number of hydrogen-bond donors (Lipinski definition) is 1. The predicted octanol–water partition coefficient (Wildman–Crippen LogP) is 3.23. The number of rotatable bonds is 5. The molecule has 0 unspecified atom stereocenters. The van der Waals surface area contributed by atoms with Gasteiger partial charge < -0.3 is 10.2 Å². The Morgan fingerprint density at radius 2 is 1.77 bits per heavy atom. The highest BCUT2D eigenvalue weighted by Crippen LogP contribution is 2.30. The average Bonchev–Trinajstić information content (AvgIpc) is 3.37. The normalized spacial score (nSPS) is 14.1. The second kappa shape index (κ2) is 10.8. The molecule has 1 fully saturated rings. The molecule has 1 aliphatic heterocycles. The van der Waals surface area contributed by atoms with Gasteiger partial charge in [-0.25, -0.2) is 13.4 Å². The van der Waals surface area contributed by atoms with Crippen LogP contribution in [0.4, 0.5) is 0 Å². The zero-order valence-electron chi connectivity index (χ0n) is 19.2. The molecule has 35 heavy (non-hydrogen) atoms. The van der Waals surface area contributed by atoms with E-state index >= 15 is 0 Å². The van der Waals surface area contributed by atoms with Gasteiger partial charge in [-0.2, -0.15) is 0 Å². The number of nitrogens with one attached hydrogen (secondary N) is 1. The second-order valence-corrected chi connectivity index (χ2v) is 11.3. The SMILES string of the molecule is CS(=O)(=O)c1ccc(CNC(=O)c2csc(C3CCN(C(=O)C#Cc4ccccc4)CC3)n2)cc1. The molecule has 0 spiro atoms. The summed E-state index contributed by atoms with van der Waals surface area (Å²) in [6, 6.07) is 15.9. The molecule has 1 N–H and O–H groups in total. The summed E-state index contributed by atoms with van der Waals surface area (Å²) < 4.78 is 23.1. The Morgan fingerprint density at radius 1 is 1.09 bits per heavy atom. The van der Waals surface area contributed by atoms with Crippen LogP contribution in [0, 0.1) is 11.8 Å². The number of hydrogen-bond acceptors (Lipinski definition) is 6. The maximum absolute atomic E-state index is 12.5. The van der Waals surface area contributed by atoms with Crippen molar-refractivity contribution in [1.29, 1.82) is 0 Å². The van der Waals surface area contributed by atoms with Crippen LogP contribution in [0.3, 0.4) is 0 Å². The van der Waals surface area contributed by atoms with Crippen molar-refractivity contribution in [3.05, 3.63) is 81.8 Å². The van der Waals surface area contributed by atoms with Gasteiger partial charge in [0.15, 0.2) is 9.84 Å². The van der Waals surface area contributed by atoms with Gasteiger partial charge >= 0.3 is 0 Å².